The maximum Gasteiger partial charge on any atom is 0.329 e. The number of rotatable bonds is 3. The Morgan fingerprint density at radius 2 is 1.67 bits per heavy atom. The van der Waals surface area contributed by atoms with Gasteiger partial charge in [-0.15, -0.1) is 0 Å². The largest absolute Gasteiger partial charge is 0.329 e. The van der Waals surface area contributed by atoms with Crippen LogP contribution < -0.4 is 10.7 Å². The number of carbonyl (C=O) groups excluding carboxylic acids is 2. The van der Waals surface area contributed by atoms with E-state index in [2.05, 4.69) is 15.8 Å². The number of aryl methyl sites for hydroxylation is 1. The van der Waals surface area contributed by atoms with E-state index in [1.807, 2.05) is 31.2 Å². The van der Waals surface area contributed by atoms with Crippen LogP contribution in [0.5, 0.6) is 0 Å². The van der Waals surface area contributed by atoms with E-state index in [0.29, 0.717) is 5.71 Å². The normalized spacial score (nSPS) is 11.1. The number of anilines is 1. The Morgan fingerprint density at radius 3 is 2.33 bits per heavy atom. The molecule has 2 rings (SSSR count). The lowest BCUT2D eigenvalue weighted by Gasteiger charge is -2.07. The number of nitrogens with zero attached hydrogens (tertiary/aromatic N) is 1. The van der Waals surface area contributed by atoms with E-state index in [-0.39, 0.29) is 15.7 Å². The maximum atomic E-state index is 11.9. The van der Waals surface area contributed by atoms with Crippen LogP contribution in [0, 0.1) is 6.92 Å². The molecule has 0 aliphatic rings. The molecule has 0 atom stereocenters. The fourth-order valence-corrected chi connectivity index (χ4v) is 2.17. The van der Waals surface area contributed by atoms with Crippen LogP contribution >= 0.6 is 23.2 Å². The molecule has 2 aromatic rings. The zero-order valence-electron chi connectivity index (χ0n) is 13.1. The molecule has 0 aliphatic carbocycles. The van der Waals surface area contributed by atoms with Crippen LogP contribution in [0.1, 0.15) is 18.1 Å². The van der Waals surface area contributed by atoms with Crippen LogP contribution in [0.25, 0.3) is 0 Å². The Kier molecular flexibility index (Phi) is 5.95. The number of hydrogen-bond donors (Lipinski definition) is 2. The number of hydrazone groups is 1. The molecule has 2 amide bonds. The first-order chi connectivity index (χ1) is 11.4. The average Bonchev–Trinajstić information content (AvgIpc) is 2.57. The van der Waals surface area contributed by atoms with E-state index in [4.69, 9.17) is 23.2 Å². The van der Waals surface area contributed by atoms with Gasteiger partial charge in [-0.05, 0) is 31.5 Å². The van der Waals surface area contributed by atoms with E-state index in [1.165, 1.54) is 0 Å². The molecule has 0 aromatic heterocycles. The van der Waals surface area contributed by atoms with Crippen molar-refractivity contribution < 1.29 is 9.59 Å². The third kappa shape index (κ3) is 4.57. The van der Waals surface area contributed by atoms with Crippen LogP contribution in [-0.4, -0.2) is 17.5 Å². The van der Waals surface area contributed by atoms with Gasteiger partial charge in [-0.1, -0.05) is 59.1 Å². The molecule has 0 radical (unpaired) electrons. The van der Waals surface area contributed by atoms with E-state index in [0.717, 1.165) is 11.1 Å². The van der Waals surface area contributed by atoms with Crippen molar-refractivity contribution in [2.24, 2.45) is 5.10 Å². The first kappa shape index (κ1) is 18.0. The van der Waals surface area contributed by atoms with Gasteiger partial charge in [0.1, 0.15) is 0 Å². The molecule has 0 fully saturated rings. The minimum atomic E-state index is -0.905. The molecule has 0 heterocycles. The van der Waals surface area contributed by atoms with Crippen molar-refractivity contribution in [3.8, 4) is 0 Å². The standard InChI is InChI=1S/C17H15Cl2N3O2/c1-10-6-8-12(9-7-10)11(2)21-22-17(24)16(23)20-14-5-3-4-13(18)15(14)19/h3-9H,1-2H3,(H,20,23)(H,22,24)/b21-11+. The highest BCUT2D eigenvalue weighted by Gasteiger charge is 2.15. The molecule has 7 heteroatoms. The van der Waals surface area contributed by atoms with Gasteiger partial charge in [-0.25, -0.2) is 5.43 Å². The molecule has 124 valence electrons. The lowest BCUT2D eigenvalue weighted by atomic mass is 10.1. The topological polar surface area (TPSA) is 70.6 Å². The summed E-state index contributed by atoms with van der Waals surface area (Å²) >= 11 is 11.8. The zero-order valence-corrected chi connectivity index (χ0v) is 14.6. The van der Waals surface area contributed by atoms with Crippen molar-refractivity contribution in [1.82, 2.24) is 5.43 Å². The third-order valence-electron chi connectivity index (χ3n) is 3.20. The number of hydrogen-bond acceptors (Lipinski definition) is 3. The van der Waals surface area contributed by atoms with E-state index < -0.39 is 11.8 Å². The van der Waals surface area contributed by atoms with Crippen molar-refractivity contribution in [2.75, 3.05) is 5.32 Å². The summed E-state index contributed by atoms with van der Waals surface area (Å²) in [5.74, 6) is -1.79. The molecular weight excluding hydrogens is 349 g/mol. The zero-order chi connectivity index (χ0) is 17.7. The summed E-state index contributed by atoms with van der Waals surface area (Å²) in [5.41, 5.74) is 5.01. The highest BCUT2D eigenvalue weighted by molar-refractivity contribution is 6.45. The van der Waals surface area contributed by atoms with Gasteiger partial charge in [0.15, 0.2) is 0 Å². The van der Waals surface area contributed by atoms with Crippen LogP contribution in [0.15, 0.2) is 47.6 Å². The second kappa shape index (κ2) is 7.95. The Hall–Kier alpha value is -2.37. The predicted octanol–water partition coefficient (Wildman–Crippen LogP) is 3.78. The lowest BCUT2D eigenvalue weighted by molar-refractivity contribution is -0.136. The molecule has 2 N–H and O–H groups in total. The van der Waals surface area contributed by atoms with E-state index in [9.17, 15) is 9.59 Å². The Morgan fingerprint density at radius 1 is 1.00 bits per heavy atom. The summed E-state index contributed by atoms with van der Waals surface area (Å²) in [6.45, 7) is 3.71. The Balaban J connectivity index is 2.01. The van der Waals surface area contributed by atoms with Crippen LogP contribution in [0.2, 0.25) is 10.0 Å². The van der Waals surface area contributed by atoms with Gasteiger partial charge in [0, 0.05) is 0 Å². The second-order valence-corrected chi connectivity index (χ2v) is 5.84. The summed E-state index contributed by atoms with van der Waals surface area (Å²) in [7, 11) is 0. The van der Waals surface area contributed by atoms with E-state index in [1.54, 1.807) is 25.1 Å². The molecule has 24 heavy (non-hydrogen) atoms. The summed E-state index contributed by atoms with van der Waals surface area (Å²) < 4.78 is 0. The highest BCUT2D eigenvalue weighted by atomic mass is 35.5. The fourth-order valence-electron chi connectivity index (χ4n) is 1.82. The average molecular weight is 364 g/mol. The van der Waals surface area contributed by atoms with Crippen molar-refractivity contribution in [1.29, 1.82) is 0 Å². The number of amides is 2. The highest BCUT2D eigenvalue weighted by Crippen LogP contribution is 2.29. The lowest BCUT2D eigenvalue weighted by Crippen LogP contribution is -2.33. The third-order valence-corrected chi connectivity index (χ3v) is 4.02. The molecule has 0 spiro atoms. The molecule has 0 bridgehead atoms. The first-order valence-electron chi connectivity index (χ1n) is 7.05. The number of nitrogens with one attached hydrogen (secondary N) is 2. The SMILES string of the molecule is C/C(=N\NC(=O)C(=O)Nc1cccc(Cl)c1Cl)c1ccc(C)cc1. The molecule has 0 saturated heterocycles. The summed E-state index contributed by atoms with van der Waals surface area (Å²) in [4.78, 5) is 23.7. The summed E-state index contributed by atoms with van der Waals surface area (Å²) in [5, 5.41) is 6.76. The minimum absolute atomic E-state index is 0.166. The summed E-state index contributed by atoms with van der Waals surface area (Å²) in [6, 6.07) is 12.4. The smallest absolute Gasteiger partial charge is 0.316 e. The molecule has 0 unspecified atom stereocenters. The monoisotopic (exact) mass is 363 g/mol. The second-order valence-electron chi connectivity index (χ2n) is 5.06. The first-order valence-corrected chi connectivity index (χ1v) is 7.80. The molecule has 0 saturated carbocycles. The van der Waals surface area contributed by atoms with Gasteiger partial charge in [-0.3, -0.25) is 9.59 Å². The Labute approximate surface area is 149 Å². The predicted molar refractivity (Wildman–Crippen MR) is 96.6 cm³/mol. The molecular formula is C17H15Cl2N3O2. The van der Waals surface area contributed by atoms with Crippen LogP contribution in [0.4, 0.5) is 5.69 Å². The van der Waals surface area contributed by atoms with Crippen molar-refractivity contribution in [2.45, 2.75) is 13.8 Å². The summed E-state index contributed by atoms with van der Waals surface area (Å²) in [6.07, 6.45) is 0. The number of halogens is 2. The Bertz CT molecular complexity index is 802. The maximum absolute atomic E-state index is 11.9. The van der Waals surface area contributed by atoms with Gasteiger partial charge in [0.2, 0.25) is 0 Å². The van der Waals surface area contributed by atoms with Gasteiger partial charge in [0.25, 0.3) is 0 Å². The van der Waals surface area contributed by atoms with Gasteiger partial charge in [-0.2, -0.15) is 5.10 Å². The molecule has 5 nitrogen and oxygen atoms in total. The molecule has 2 aromatic carbocycles. The fraction of sp³-hybridized carbons (Fsp3) is 0.118. The number of benzene rings is 2. The van der Waals surface area contributed by atoms with E-state index >= 15 is 0 Å². The van der Waals surface area contributed by atoms with Crippen LogP contribution in [0.3, 0.4) is 0 Å². The molecule has 0 aliphatic heterocycles. The minimum Gasteiger partial charge on any atom is -0.316 e. The van der Waals surface area contributed by atoms with Crippen molar-refractivity contribution >= 4 is 46.4 Å². The number of carbonyl (C=O) groups is 2. The van der Waals surface area contributed by atoms with Crippen LogP contribution in [-0.2, 0) is 9.59 Å². The van der Waals surface area contributed by atoms with Gasteiger partial charge in [0.05, 0.1) is 21.4 Å². The van der Waals surface area contributed by atoms with Crippen molar-refractivity contribution in [3.05, 3.63) is 63.6 Å². The quantitative estimate of drug-likeness (QED) is 0.494. The van der Waals surface area contributed by atoms with Crippen molar-refractivity contribution in [3.63, 3.8) is 0 Å². The van der Waals surface area contributed by atoms with Gasteiger partial charge < -0.3 is 5.32 Å². The van der Waals surface area contributed by atoms with Gasteiger partial charge >= 0.3 is 11.8 Å².